The average molecular weight is 321 g/mol. The Labute approximate surface area is 124 Å². The Morgan fingerprint density at radius 2 is 1.95 bits per heavy atom. The van der Waals surface area contributed by atoms with Crippen molar-refractivity contribution in [3.8, 4) is 0 Å². The molecule has 0 atom stereocenters. The Morgan fingerprint density at radius 3 is 2.62 bits per heavy atom. The van der Waals surface area contributed by atoms with E-state index >= 15 is 0 Å². The third-order valence-corrected chi connectivity index (χ3v) is 4.34. The van der Waals surface area contributed by atoms with E-state index in [1.54, 1.807) is 0 Å². The van der Waals surface area contributed by atoms with Gasteiger partial charge in [0.1, 0.15) is 0 Å². The molecule has 0 fully saturated rings. The lowest BCUT2D eigenvalue weighted by Crippen LogP contribution is -2.34. The number of halogens is 2. The lowest BCUT2D eigenvalue weighted by atomic mass is 10.3. The van der Waals surface area contributed by atoms with Crippen molar-refractivity contribution in [2.24, 2.45) is 0 Å². The maximum absolute atomic E-state index is 13.5. The van der Waals surface area contributed by atoms with Gasteiger partial charge in [-0.25, -0.2) is 8.78 Å². The summed E-state index contributed by atoms with van der Waals surface area (Å²) in [7, 11) is -2.51. The van der Waals surface area contributed by atoms with Gasteiger partial charge in [0.2, 0.25) is 0 Å². The molecule has 0 saturated carbocycles. The number of nitrogens with one attached hydrogen (secondary N) is 2. The minimum absolute atomic E-state index is 0.281. The minimum Gasteiger partial charge on any atom is -0.317 e. The first-order valence-electron chi connectivity index (χ1n) is 6.77. The van der Waals surface area contributed by atoms with Crippen LogP contribution in [0, 0.1) is 11.6 Å². The standard InChI is InChI=1S/C13H21F2N3O2S/c1-3-8-16-9-5-10-18(2)21(19,20)17-12-7-4-6-11(14)13(12)15/h4,6-7,16-17H,3,5,8-10H2,1-2H3. The molecule has 0 aliphatic heterocycles. The largest absolute Gasteiger partial charge is 0.317 e. The fourth-order valence-corrected chi connectivity index (χ4v) is 2.61. The number of nitrogens with zero attached hydrogens (tertiary/aromatic N) is 1. The van der Waals surface area contributed by atoms with Crippen LogP contribution in [-0.2, 0) is 10.2 Å². The Kier molecular flexibility index (Phi) is 7.00. The molecule has 0 amide bonds. The van der Waals surface area contributed by atoms with Crippen LogP contribution >= 0.6 is 0 Å². The lowest BCUT2D eigenvalue weighted by molar-refractivity contribution is 0.457. The van der Waals surface area contributed by atoms with E-state index in [1.165, 1.54) is 19.2 Å². The molecule has 1 aromatic carbocycles. The van der Waals surface area contributed by atoms with E-state index in [4.69, 9.17) is 0 Å². The SMILES string of the molecule is CCCNCCCN(C)S(=O)(=O)Nc1cccc(F)c1F. The highest BCUT2D eigenvalue weighted by atomic mass is 32.2. The van der Waals surface area contributed by atoms with E-state index in [9.17, 15) is 17.2 Å². The number of anilines is 1. The molecule has 0 unspecified atom stereocenters. The molecule has 0 spiro atoms. The third-order valence-electron chi connectivity index (χ3n) is 2.85. The van der Waals surface area contributed by atoms with Gasteiger partial charge in [-0.2, -0.15) is 12.7 Å². The molecule has 0 bridgehead atoms. The quantitative estimate of drug-likeness (QED) is 0.683. The lowest BCUT2D eigenvalue weighted by Gasteiger charge is -2.18. The molecule has 0 saturated heterocycles. The van der Waals surface area contributed by atoms with Crippen LogP contribution in [0.4, 0.5) is 14.5 Å². The summed E-state index contributed by atoms with van der Waals surface area (Å²) >= 11 is 0. The molecule has 5 nitrogen and oxygen atoms in total. The smallest absolute Gasteiger partial charge is 0.301 e. The number of hydrogen-bond acceptors (Lipinski definition) is 3. The molecular weight excluding hydrogens is 300 g/mol. The van der Waals surface area contributed by atoms with Crippen molar-refractivity contribution in [2.45, 2.75) is 19.8 Å². The Morgan fingerprint density at radius 1 is 1.24 bits per heavy atom. The van der Waals surface area contributed by atoms with Gasteiger partial charge in [-0.05, 0) is 38.1 Å². The van der Waals surface area contributed by atoms with Crippen LogP contribution in [0.25, 0.3) is 0 Å². The van der Waals surface area contributed by atoms with Crippen molar-refractivity contribution in [3.05, 3.63) is 29.8 Å². The summed E-state index contributed by atoms with van der Waals surface area (Å²) in [6.07, 6.45) is 1.64. The first kappa shape index (κ1) is 17.8. The van der Waals surface area contributed by atoms with Crippen LogP contribution in [-0.4, -0.2) is 39.4 Å². The molecule has 8 heteroatoms. The zero-order valence-corrected chi connectivity index (χ0v) is 13.0. The minimum atomic E-state index is -3.90. The van der Waals surface area contributed by atoms with Gasteiger partial charge in [0.05, 0.1) is 5.69 Å². The molecule has 0 aliphatic carbocycles. The van der Waals surface area contributed by atoms with Crippen LogP contribution in [0.5, 0.6) is 0 Å². The molecule has 2 N–H and O–H groups in total. The third kappa shape index (κ3) is 5.56. The summed E-state index contributed by atoms with van der Waals surface area (Å²) in [5.74, 6) is -2.30. The van der Waals surface area contributed by atoms with Crippen LogP contribution in [0.15, 0.2) is 18.2 Å². The molecule has 0 aromatic heterocycles. The molecule has 1 rings (SSSR count). The van der Waals surface area contributed by atoms with Crippen molar-refractivity contribution in [1.82, 2.24) is 9.62 Å². The number of hydrogen-bond donors (Lipinski definition) is 2. The van der Waals surface area contributed by atoms with E-state index < -0.39 is 27.5 Å². The predicted molar refractivity (Wildman–Crippen MR) is 79.3 cm³/mol. The van der Waals surface area contributed by atoms with E-state index in [0.717, 1.165) is 23.3 Å². The van der Waals surface area contributed by atoms with Crippen LogP contribution in [0.3, 0.4) is 0 Å². The monoisotopic (exact) mass is 321 g/mol. The van der Waals surface area contributed by atoms with Crippen LogP contribution in [0.2, 0.25) is 0 Å². The summed E-state index contributed by atoms with van der Waals surface area (Å²) in [5.41, 5.74) is -0.397. The van der Waals surface area contributed by atoms with Crippen molar-refractivity contribution in [3.63, 3.8) is 0 Å². The second-order valence-electron chi connectivity index (χ2n) is 4.63. The van der Waals surface area contributed by atoms with Crippen molar-refractivity contribution in [2.75, 3.05) is 31.4 Å². The normalized spacial score (nSPS) is 11.9. The molecule has 0 heterocycles. The van der Waals surface area contributed by atoms with Crippen molar-refractivity contribution < 1.29 is 17.2 Å². The molecule has 120 valence electrons. The zero-order valence-electron chi connectivity index (χ0n) is 12.2. The number of benzene rings is 1. The van der Waals surface area contributed by atoms with Gasteiger partial charge < -0.3 is 5.32 Å². The summed E-state index contributed by atoms with van der Waals surface area (Å²) in [5, 5.41) is 3.16. The summed E-state index contributed by atoms with van der Waals surface area (Å²) in [6.45, 7) is 3.90. The highest BCUT2D eigenvalue weighted by molar-refractivity contribution is 7.90. The van der Waals surface area contributed by atoms with E-state index in [1.807, 2.05) is 11.6 Å². The number of rotatable bonds is 9. The predicted octanol–water partition coefficient (Wildman–Crippen LogP) is 1.94. The first-order chi connectivity index (χ1) is 9.88. The van der Waals surface area contributed by atoms with Gasteiger partial charge >= 0.3 is 10.2 Å². The van der Waals surface area contributed by atoms with Gasteiger partial charge in [-0.15, -0.1) is 0 Å². The Balaban J connectivity index is 2.58. The van der Waals surface area contributed by atoms with Crippen LogP contribution in [0.1, 0.15) is 19.8 Å². The second kappa shape index (κ2) is 8.26. The molecule has 0 radical (unpaired) electrons. The zero-order chi connectivity index (χ0) is 15.9. The van der Waals surface area contributed by atoms with Gasteiger partial charge in [0.25, 0.3) is 0 Å². The highest BCUT2D eigenvalue weighted by Gasteiger charge is 2.19. The van der Waals surface area contributed by atoms with Crippen molar-refractivity contribution in [1.29, 1.82) is 0 Å². The average Bonchev–Trinajstić information content (AvgIpc) is 2.43. The van der Waals surface area contributed by atoms with Gasteiger partial charge in [0.15, 0.2) is 11.6 Å². The van der Waals surface area contributed by atoms with Crippen molar-refractivity contribution >= 4 is 15.9 Å². The Bertz CT molecular complexity index is 552. The van der Waals surface area contributed by atoms with Gasteiger partial charge in [0, 0.05) is 13.6 Å². The topological polar surface area (TPSA) is 61.4 Å². The van der Waals surface area contributed by atoms with E-state index in [2.05, 4.69) is 5.32 Å². The van der Waals surface area contributed by atoms with E-state index in [-0.39, 0.29) is 6.54 Å². The van der Waals surface area contributed by atoms with E-state index in [0.29, 0.717) is 13.0 Å². The molecule has 0 aliphatic rings. The molecule has 21 heavy (non-hydrogen) atoms. The fourth-order valence-electron chi connectivity index (χ4n) is 1.65. The maximum atomic E-state index is 13.5. The fraction of sp³-hybridized carbons (Fsp3) is 0.538. The highest BCUT2D eigenvalue weighted by Crippen LogP contribution is 2.18. The summed E-state index contributed by atoms with van der Waals surface area (Å²) < 4.78 is 53.6. The Hall–Kier alpha value is -1.25. The molecule has 1 aromatic rings. The van der Waals surface area contributed by atoms with Crippen LogP contribution < -0.4 is 10.0 Å². The van der Waals surface area contributed by atoms with Gasteiger partial charge in [-0.1, -0.05) is 13.0 Å². The van der Waals surface area contributed by atoms with Gasteiger partial charge in [-0.3, -0.25) is 4.72 Å². The summed E-state index contributed by atoms with van der Waals surface area (Å²) in [4.78, 5) is 0. The second-order valence-corrected chi connectivity index (χ2v) is 6.41. The molecular formula is C13H21F2N3O2S. The first-order valence-corrected chi connectivity index (χ1v) is 8.21. The summed E-state index contributed by atoms with van der Waals surface area (Å²) in [6, 6.07) is 3.34. The maximum Gasteiger partial charge on any atom is 0.301 e.